The summed E-state index contributed by atoms with van der Waals surface area (Å²) in [6.45, 7) is 4.97. The molecule has 0 atom stereocenters. The van der Waals surface area contributed by atoms with E-state index >= 15 is 0 Å². The third-order valence-corrected chi connectivity index (χ3v) is 9.32. The molecule has 2 aliphatic rings. The minimum atomic E-state index is -4.36. The van der Waals surface area contributed by atoms with Crippen LogP contribution in [0.2, 0.25) is 0 Å². The van der Waals surface area contributed by atoms with E-state index in [1.54, 1.807) is 24.3 Å². The zero-order valence-electron chi connectivity index (χ0n) is 23.2. The van der Waals surface area contributed by atoms with Crippen molar-refractivity contribution in [3.05, 3.63) is 101 Å². The van der Waals surface area contributed by atoms with Gasteiger partial charge in [0.15, 0.2) is 0 Å². The Hall–Kier alpha value is -2.75. The summed E-state index contributed by atoms with van der Waals surface area (Å²) in [6, 6.07) is 10.0. The Morgan fingerprint density at radius 2 is 1.80 bits per heavy atom. The van der Waals surface area contributed by atoms with Gasteiger partial charge in [-0.05, 0) is 77.8 Å². The lowest BCUT2D eigenvalue weighted by Crippen LogP contribution is -2.31. The van der Waals surface area contributed by atoms with E-state index in [-0.39, 0.29) is 4.90 Å². The maximum atomic E-state index is 14.7. The minimum absolute atomic E-state index is 0.0821. The van der Waals surface area contributed by atoms with Gasteiger partial charge in [0.25, 0.3) is 0 Å². The highest BCUT2D eigenvalue weighted by Crippen LogP contribution is 2.31. The molecule has 41 heavy (non-hydrogen) atoms. The van der Waals surface area contributed by atoms with Crippen LogP contribution in [0.3, 0.4) is 0 Å². The predicted molar refractivity (Wildman–Crippen MR) is 154 cm³/mol. The van der Waals surface area contributed by atoms with Gasteiger partial charge in [-0.2, -0.15) is 13.2 Å². The average Bonchev–Trinajstić information content (AvgIpc) is 3.45. The second-order valence-corrected chi connectivity index (χ2v) is 12.8. The Bertz CT molecular complexity index is 1360. The van der Waals surface area contributed by atoms with Crippen molar-refractivity contribution in [3.8, 4) is 0 Å². The predicted octanol–water partition coefficient (Wildman–Crippen LogP) is 7.87. The van der Waals surface area contributed by atoms with Crippen molar-refractivity contribution in [1.82, 2.24) is 9.62 Å². The van der Waals surface area contributed by atoms with Crippen LogP contribution in [0.25, 0.3) is 0 Å². The molecule has 1 N–H and O–H groups in total. The highest BCUT2D eigenvalue weighted by atomic mass is 32.2. The third-order valence-electron chi connectivity index (χ3n) is 7.92. The first-order valence-corrected chi connectivity index (χ1v) is 15.7. The van der Waals surface area contributed by atoms with E-state index in [2.05, 4.69) is 16.2 Å². The molecule has 1 fully saturated rings. The van der Waals surface area contributed by atoms with E-state index in [1.165, 1.54) is 50.0 Å². The van der Waals surface area contributed by atoms with Gasteiger partial charge in [-0.15, -0.1) is 0 Å². The Morgan fingerprint density at radius 1 is 1.07 bits per heavy atom. The maximum absolute atomic E-state index is 14.7. The number of benzene rings is 2. The maximum Gasteiger partial charge on any atom is 0.416 e. The largest absolute Gasteiger partial charge is 0.416 e. The second-order valence-electron chi connectivity index (χ2n) is 11.0. The Balaban J connectivity index is 1.31. The van der Waals surface area contributed by atoms with Gasteiger partial charge in [0.2, 0.25) is 10.0 Å². The van der Waals surface area contributed by atoms with Crippen molar-refractivity contribution >= 4 is 10.0 Å². The van der Waals surface area contributed by atoms with Crippen LogP contribution < -0.4 is 4.72 Å². The van der Waals surface area contributed by atoms with E-state index < -0.39 is 34.1 Å². The van der Waals surface area contributed by atoms with E-state index in [9.17, 15) is 26.0 Å². The van der Waals surface area contributed by atoms with Crippen LogP contribution in [0.15, 0.2) is 83.6 Å². The van der Waals surface area contributed by atoms with Crippen molar-refractivity contribution < 1.29 is 26.0 Å². The lowest BCUT2D eigenvalue weighted by molar-refractivity contribution is -0.137. The summed E-state index contributed by atoms with van der Waals surface area (Å²) in [7, 11) is -3.92. The summed E-state index contributed by atoms with van der Waals surface area (Å²) in [6.07, 6.45) is 8.99. The number of rotatable bonds is 12. The smallest absolute Gasteiger partial charge is 0.294 e. The molecule has 9 heteroatoms. The number of hydrogen-bond acceptors (Lipinski definition) is 3. The van der Waals surface area contributed by atoms with Crippen LogP contribution in [-0.4, -0.2) is 26.4 Å². The number of alkyl halides is 3. The van der Waals surface area contributed by atoms with Gasteiger partial charge >= 0.3 is 6.18 Å². The molecule has 2 aromatic carbocycles. The number of halogens is 4. The Kier molecular flexibility index (Phi) is 10.6. The van der Waals surface area contributed by atoms with Crippen molar-refractivity contribution in [2.75, 3.05) is 13.1 Å². The normalized spacial score (nSPS) is 17.6. The molecule has 4 rings (SSSR count). The van der Waals surface area contributed by atoms with E-state index in [4.69, 9.17) is 0 Å². The number of allylic oxidation sites excluding steroid dienone is 4. The van der Waals surface area contributed by atoms with Crippen LogP contribution in [0.4, 0.5) is 17.6 Å². The molecule has 0 aromatic heterocycles. The van der Waals surface area contributed by atoms with Crippen molar-refractivity contribution in [2.24, 2.45) is 5.92 Å². The molecule has 2 aromatic rings. The minimum Gasteiger partial charge on any atom is -0.294 e. The zero-order chi connectivity index (χ0) is 29.5. The van der Waals surface area contributed by atoms with Gasteiger partial charge < -0.3 is 0 Å². The lowest BCUT2D eigenvalue weighted by Gasteiger charge is -2.29. The highest BCUT2D eigenvalue weighted by Gasteiger charge is 2.30. The van der Waals surface area contributed by atoms with Gasteiger partial charge in [-0.25, -0.2) is 17.5 Å². The van der Waals surface area contributed by atoms with Crippen molar-refractivity contribution in [2.45, 2.75) is 75.5 Å². The fourth-order valence-corrected chi connectivity index (χ4v) is 6.73. The van der Waals surface area contributed by atoms with Crippen LogP contribution in [-0.2, 0) is 35.7 Å². The van der Waals surface area contributed by atoms with Crippen LogP contribution in [0, 0.1) is 5.92 Å². The lowest BCUT2D eigenvalue weighted by atomic mass is 9.98. The average molecular weight is 591 g/mol. The second kappa shape index (κ2) is 13.9. The van der Waals surface area contributed by atoms with Crippen molar-refractivity contribution in [3.63, 3.8) is 0 Å². The van der Waals surface area contributed by atoms with Gasteiger partial charge in [-0.1, -0.05) is 69.0 Å². The first-order chi connectivity index (χ1) is 19.5. The topological polar surface area (TPSA) is 49.4 Å². The molecule has 0 amide bonds. The number of nitrogens with one attached hydrogen (secondary N) is 1. The molecule has 0 radical (unpaired) electrons. The summed E-state index contributed by atoms with van der Waals surface area (Å²) in [4.78, 5) is 2.19. The van der Waals surface area contributed by atoms with E-state index in [0.29, 0.717) is 26.1 Å². The zero-order valence-corrected chi connectivity index (χ0v) is 24.0. The highest BCUT2D eigenvalue weighted by molar-refractivity contribution is 7.89. The number of fused-ring (bicyclic) bond motifs is 1. The first kappa shape index (κ1) is 31.2. The fraction of sp³-hybridized carbons (Fsp3) is 0.438. The standard InChI is InChI=1S/C32H38F4N2O2S/c1-2-6-25(10-5-9-24-7-3-4-8-24)19-30(33)21-37-41(39,40)31-16-13-28-23-38(18-17-27(28)20-31)22-26-11-14-29(15-12-26)32(34,35)36/h2,6,11-16,19-20,24,37H,1,3-5,7-10,17-18,21-23H2/b25-6-,30-19+. The Morgan fingerprint density at radius 3 is 2.49 bits per heavy atom. The van der Waals surface area contributed by atoms with E-state index in [1.807, 2.05) is 0 Å². The van der Waals surface area contributed by atoms with Gasteiger partial charge in [0.1, 0.15) is 5.83 Å². The number of sulfonamides is 1. The summed E-state index contributed by atoms with van der Waals surface area (Å²) in [5, 5.41) is 0. The molecule has 1 aliphatic carbocycles. The van der Waals surface area contributed by atoms with E-state index in [0.717, 1.165) is 59.6 Å². The molecule has 4 nitrogen and oxygen atoms in total. The quantitative estimate of drug-likeness (QED) is 0.202. The molecular weight excluding hydrogens is 552 g/mol. The van der Waals surface area contributed by atoms with Gasteiger partial charge in [0.05, 0.1) is 17.0 Å². The van der Waals surface area contributed by atoms with Gasteiger partial charge in [-0.3, -0.25) is 4.90 Å². The fourth-order valence-electron chi connectivity index (χ4n) is 5.70. The molecule has 0 unspecified atom stereocenters. The summed E-state index contributed by atoms with van der Waals surface area (Å²) in [5.74, 6) is 0.207. The molecule has 1 aliphatic heterocycles. The summed E-state index contributed by atoms with van der Waals surface area (Å²) >= 11 is 0. The van der Waals surface area contributed by atoms with Crippen LogP contribution in [0.1, 0.15) is 67.2 Å². The van der Waals surface area contributed by atoms with Crippen LogP contribution >= 0.6 is 0 Å². The Labute approximate surface area is 240 Å². The molecular formula is C32H38F4N2O2S. The van der Waals surface area contributed by atoms with Crippen molar-refractivity contribution in [1.29, 1.82) is 0 Å². The SMILES string of the molecule is C=C/C=C(\C=C(\F)CNS(=O)(=O)c1ccc2c(c1)CCN(Cc1ccc(C(F)(F)F)cc1)C2)CCCC1CCCC1. The molecule has 1 saturated carbocycles. The molecule has 0 saturated heterocycles. The monoisotopic (exact) mass is 590 g/mol. The molecule has 0 bridgehead atoms. The third kappa shape index (κ3) is 9.12. The van der Waals surface area contributed by atoms with Gasteiger partial charge in [0, 0.05) is 19.6 Å². The summed E-state index contributed by atoms with van der Waals surface area (Å²) < 4.78 is 81.4. The van der Waals surface area contributed by atoms with Crippen LogP contribution in [0.5, 0.6) is 0 Å². The summed E-state index contributed by atoms with van der Waals surface area (Å²) in [5.41, 5.74) is 2.76. The first-order valence-electron chi connectivity index (χ1n) is 14.2. The molecule has 0 spiro atoms. The number of nitrogens with zero attached hydrogens (tertiary/aromatic N) is 1. The number of hydrogen-bond donors (Lipinski definition) is 1. The molecule has 1 heterocycles. The molecule has 222 valence electrons.